The summed E-state index contributed by atoms with van der Waals surface area (Å²) in [5.74, 6) is 0.0699. The molecular formula is C16H18N2O3S. The van der Waals surface area contributed by atoms with Crippen LogP contribution < -0.4 is 15.4 Å². The second kappa shape index (κ2) is 6.62. The molecule has 0 saturated heterocycles. The largest absolute Gasteiger partial charge is 0.495 e. The molecule has 2 amide bonds. The fourth-order valence-electron chi connectivity index (χ4n) is 1.96. The van der Waals surface area contributed by atoms with E-state index in [0.717, 1.165) is 10.4 Å². The number of ether oxygens (including phenoxy) is 1. The Morgan fingerprint density at radius 2 is 1.86 bits per heavy atom. The molecule has 5 nitrogen and oxygen atoms in total. The van der Waals surface area contributed by atoms with Crippen molar-refractivity contribution >= 4 is 28.8 Å². The van der Waals surface area contributed by atoms with Crippen LogP contribution in [0.4, 0.5) is 5.69 Å². The van der Waals surface area contributed by atoms with Crippen LogP contribution in [0.5, 0.6) is 5.75 Å². The van der Waals surface area contributed by atoms with Crippen molar-refractivity contribution in [3.05, 3.63) is 45.1 Å². The number of hydrogen-bond acceptors (Lipinski definition) is 4. The van der Waals surface area contributed by atoms with E-state index in [9.17, 15) is 9.59 Å². The molecule has 0 bridgehead atoms. The van der Waals surface area contributed by atoms with Crippen LogP contribution >= 0.6 is 11.3 Å². The number of amides is 2. The van der Waals surface area contributed by atoms with Gasteiger partial charge in [0, 0.05) is 17.5 Å². The summed E-state index contributed by atoms with van der Waals surface area (Å²) in [6.45, 7) is 3.94. The number of thiophene rings is 1. The highest BCUT2D eigenvalue weighted by atomic mass is 32.1. The Kier molecular flexibility index (Phi) is 4.82. The number of anilines is 1. The molecule has 2 rings (SSSR count). The number of nitrogens with one attached hydrogen (secondary N) is 2. The van der Waals surface area contributed by atoms with Gasteiger partial charge < -0.3 is 15.4 Å². The Hall–Kier alpha value is -2.34. The molecule has 0 unspecified atom stereocenters. The van der Waals surface area contributed by atoms with Gasteiger partial charge in [-0.3, -0.25) is 9.59 Å². The number of aryl methyl sites for hydroxylation is 2. The molecule has 0 spiro atoms. The first kappa shape index (κ1) is 16.0. The predicted octanol–water partition coefficient (Wildman–Crippen LogP) is 2.99. The summed E-state index contributed by atoms with van der Waals surface area (Å²) in [6, 6.07) is 6.76. The van der Waals surface area contributed by atoms with Crippen molar-refractivity contribution in [2.24, 2.45) is 0 Å². The lowest BCUT2D eigenvalue weighted by atomic mass is 10.1. The van der Waals surface area contributed by atoms with E-state index in [-0.39, 0.29) is 11.8 Å². The Morgan fingerprint density at radius 1 is 1.14 bits per heavy atom. The molecule has 0 aliphatic rings. The van der Waals surface area contributed by atoms with Crippen molar-refractivity contribution in [1.29, 1.82) is 0 Å². The Labute approximate surface area is 133 Å². The third-order valence-corrected chi connectivity index (χ3v) is 4.48. The van der Waals surface area contributed by atoms with E-state index < -0.39 is 0 Å². The first-order chi connectivity index (χ1) is 10.5. The number of rotatable bonds is 4. The summed E-state index contributed by atoms with van der Waals surface area (Å²) < 4.78 is 5.24. The molecule has 6 heteroatoms. The minimum absolute atomic E-state index is 0.214. The summed E-state index contributed by atoms with van der Waals surface area (Å²) in [7, 11) is 3.08. The molecule has 0 atom stereocenters. The van der Waals surface area contributed by atoms with Gasteiger partial charge in [-0.2, -0.15) is 0 Å². The van der Waals surface area contributed by atoms with Crippen LogP contribution in [0.1, 0.15) is 30.5 Å². The number of methoxy groups -OCH3 is 1. The van der Waals surface area contributed by atoms with E-state index in [1.807, 2.05) is 19.9 Å². The van der Waals surface area contributed by atoms with Gasteiger partial charge in [-0.05, 0) is 43.7 Å². The van der Waals surface area contributed by atoms with E-state index in [4.69, 9.17) is 4.74 Å². The standard InChI is InChI=1S/C16H18N2O3S/c1-9-7-14(22-10(9)2)16(20)18-12-8-11(15(19)17-3)5-6-13(12)21-4/h5-8H,1-4H3,(H,17,19)(H,18,20). The Balaban J connectivity index is 2.30. The van der Waals surface area contributed by atoms with Gasteiger partial charge in [0.25, 0.3) is 11.8 Å². The molecule has 1 aromatic carbocycles. The zero-order valence-electron chi connectivity index (χ0n) is 12.9. The minimum atomic E-state index is -0.221. The highest BCUT2D eigenvalue weighted by molar-refractivity contribution is 7.14. The monoisotopic (exact) mass is 318 g/mol. The summed E-state index contributed by atoms with van der Waals surface area (Å²) in [5, 5.41) is 5.36. The van der Waals surface area contributed by atoms with Crippen LogP contribution in [0.2, 0.25) is 0 Å². The molecule has 0 aliphatic carbocycles. The van der Waals surface area contributed by atoms with E-state index in [1.165, 1.54) is 18.4 Å². The molecule has 0 saturated carbocycles. The molecule has 2 N–H and O–H groups in total. The van der Waals surface area contributed by atoms with E-state index in [1.54, 1.807) is 25.2 Å². The molecule has 0 radical (unpaired) electrons. The SMILES string of the molecule is CNC(=O)c1ccc(OC)c(NC(=O)c2cc(C)c(C)s2)c1. The van der Waals surface area contributed by atoms with Gasteiger partial charge in [-0.25, -0.2) is 0 Å². The summed E-state index contributed by atoms with van der Waals surface area (Å²) >= 11 is 1.44. The quantitative estimate of drug-likeness (QED) is 0.910. The van der Waals surface area contributed by atoms with Crippen LogP contribution in [-0.4, -0.2) is 26.0 Å². The minimum Gasteiger partial charge on any atom is -0.495 e. The summed E-state index contributed by atoms with van der Waals surface area (Å²) in [4.78, 5) is 25.8. The van der Waals surface area contributed by atoms with Crippen molar-refractivity contribution in [2.45, 2.75) is 13.8 Å². The molecule has 0 fully saturated rings. The van der Waals surface area contributed by atoms with Gasteiger partial charge in [-0.15, -0.1) is 11.3 Å². The molecule has 1 heterocycles. The van der Waals surface area contributed by atoms with Crippen molar-refractivity contribution in [2.75, 3.05) is 19.5 Å². The van der Waals surface area contributed by atoms with Crippen molar-refractivity contribution < 1.29 is 14.3 Å². The van der Waals surface area contributed by atoms with Crippen LogP contribution in [-0.2, 0) is 0 Å². The maximum absolute atomic E-state index is 12.3. The van der Waals surface area contributed by atoms with Crippen LogP contribution in [0.15, 0.2) is 24.3 Å². The second-order valence-corrected chi connectivity index (χ2v) is 6.05. The smallest absolute Gasteiger partial charge is 0.265 e. The van der Waals surface area contributed by atoms with E-state index in [2.05, 4.69) is 10.6 Å². The van der Waals surface area contributed by atoms with Crippen molar-refractivity contribution in [3.63, 3.8) is 0 Å². The second-order valence-electron chi connectivity index (χ2n) is 4.80. The number of carbonyl (C=O) groups excluding carboxylic acids is 2. The van der Waals surface area contributed by atoms with Gasteiger partial charge in [0.1, 0.15) is 5.75 Å². The van der Waals surface area contributed by atoms with Crippen LogP contribution in [0, 0.1) is 13.8 Å². The molecule has 116 valence electrons. The highest BCUT2D eigenvalue weighted by Crippen LogP contribution is 2.27. The van der Waals surface area contributed by atoms with E-state index >= 15 is 0 Å². The Bertz CT molecular complexity index is 703. The average Bonchev–Trinajstić information content (AvgIpc) is 2.86. The Morgan fingerprint density at radius 3 is 2.41 bits per heavy atom. The number of carbonyl (C=O) groups is 2. The third-order valence-electron chi connectivity index (χ3n) is 3.33. The maximum atomic E-state index is 12.3. The van der Waals surface area contributed by atoms with Crippen LogP contribution in [0.3, 0.4) is 0 Å². The molecule has 2 aromatic rings. The van der Waals surface area contributed by atoms with E-state index in [0.29, 0.717) is 21.9 Å². The van der Waals surface area contributed by atoms with Gasteiger partial charge >= 0.3 is 0 Å². The lowest BCUT2D eigenvalue weighted by Gasteiger charge is -2.11. The molecule has 1 aromatic heterocycles. The first-order valence-corrected chi connectivity index (χ1v) is 7.56. The van der Waals surface area contributed by atoms with Crippen molar-refractivity contribution in [1.82, 2.24) is 5.32 Å². The summed E-state index contributed by atoms with van der Waals surface area (Å²) in [6.07, 6.45) is 0. The summed E-state index contributed by atoms with van der Waals surface area (Å²) in [5.41, 5.74) is 2.01. The zero-order valence-corrected chi connectivity index (χ0v) is 13.8. The lowest BCUT2D eigenvalue weighted by molar-refractivity contribution is 0.0961. The van der Waals surface area contributed by atoms with Gasteiger partial charge in [0.2, 0.25) is 0 Å². The first-order valence-electron chi connectivity index (χ1n) is 6.74. The average molecular weight is 318 g/mol. The highest BCUT2D eigenvalue weighted by Gasteiger charge is 2.15. The topological polar surface area (TPSA) is 67.4 Å². The third kappa shape index (κ3) is 3.28. The fraction of sp³-hybridized carbons (Fsp3) is 0.250. The van der Waals surface area contributed by atoms with Gasteiger partial charge in [-0.1, -0.05) is 0 Å². The normalized spacial score (nSPS) is 10.2. The maximum Gasteiger partial charge on any atom is 0.265 e. The van der Waals surface area contributed by atoms with Crippen LogP contribution in [0.25, 0.3) is 0 Å². The zero-order chi connectivity index (χ0) is 16.3. The lowest BCUT2D eigenvalue weighted by Crippen LogP contribution is -2.18. The molecule has 22 heavy (non-hydrogen) atoms. The molecule has 0 aliphatic heterocycles. The predicted molar refractivity (Wildman–Crippen MR) is 88.1 cm³/mol. The number of benzene rings is 1. The molecular weight excluding hydrogens is 300 g/mol. The fourth-order valence-corrected chi connectivity index (χ4v) is 2.89. The van der Waals surface area contributed by atoms with Gasteiger partial charge in [0.15, 0.2) is 0 Å². The van der Waals surface area contributed by atoms with Crippen molar-refractivity contribution in [3.8, 4) is 5.75 Å². The number of hydrogen-bond donors (Lipinski definition) is 2. The van der Waals surface area contributed by atoms with Gasteiger partial charge in [0.05, 0.1) is 17.7 Å².